The molecule has 1 heterocycles. The highest BCUT2D eigenvalue weighted by Crippen LogP contribution is 2.30. The summed E-state index contributed by atoms with van der Waals surface area (Å²) in [5.41, 5.74) is 1.72. The van der Waals surface area contributed by atoms with Crippen molar-refractivity contribution >= 4 is 41.3 Å². The molecule has 1 aromatic heterocycles. The Bertz CT molecular complexity index is 1040. The highest BCUT2D eigenvalue weighted by molar-refractivity contribution is 6.35. The monoisotopic (exact) mass is 443 g/mol. The minimum Gasteiger partial charge on any atom is -0.490 e. The Morgan fingerprint density at radius 1 is 0.967 bits per heavy atom. The number of nitrogens with zero attached hydrogens (tertiary/aromatic N) is 1. The van der Waals surface area contributed by atoms with Gasteiger partial charge in [0.2, 0.25) is 0 Å². The normalized spacial score (nSPS) is 10.8. The number of hydrogen-bond acceptors (Lipinski definition) is 5. The van der Waals surface area contributed by atoms with Crippen molar-refractivity contribution < 1.29 is 19.0 Å². The zero-order chi connectivity index (χ0) is 21.3. The van der Waals surface area contributed by atoms with Gasteiger partial charge >= 0.3 is 5.97 Å². The van der Waals surface area contributed by atoms with Gasteiger partial charge in [0.05, 0.1) is 17.3 Å². The van der Waals surface area contributed by atoms with Crippen LogP contribution in [0.3, 0.4) is 0 Å². The number of esters is 1. The summed E-state index contributed by atoms with van der Waals surface area (Å²) in [6, 6.07) is 15.7. The van der Waals surface area contributed by atoms with Crippen LogP contribution in [-0.4, -0.2) is 24.2 Å². The maximum atomic E-state index is 12.2. The average molecular weight is 444 g/mol. The number of pyridine rings is 1. The highest BCUT2D eigenvalue weighted by Gasteiger charge is 2.13. The van der Waals surface area contributed by atoms with Crippen LogP contribution in [0.15, 0.2) is 60.8 Å². The SMILES string of the molecule is CCOc1cc(/C=C/c2ccccn2)ccc1OC(=O)COc1ccc(Cl)cc1Cl. The summed E-state index contributed by atoms with van der Waals surface area (Å²) in [4.78, 5) is 16.5. The molecular formula is C23H19Cl2NO4. The number of hydrogen-bond donors (Lipinski definition) is 0. The molecule has 0 saturated heterocycles. The lowest BCUT2D eigenvalue weighted by Gasteiger charge is -2.12. The highest BCUT2D eigenvalue weighted by atomic mass is 35.5. The maximum absolute atomic E-state index is 12.2. The van der Waals surface area contributed by atoms with E-state index in [0.29, 0.717) is 33.9 Å². The molecule has 0 fully saturated rings. The van der Waals surface area contributed by atoms with Gasteiger partial charge in [0.1, 0.15) is 5.75 Å². The number of rotatable bonds is 8. The second-order valence-corrected chi connectivity index (χ2v) is 6.91. The quantitative estimate of drug-likeness (QED) is 0.318. The Balaban J connectivity index is 1.67. The van der Waals surface area contributed by atoms with Gasteiger partial charge in [-0.15, -0.1) is 0 Å². The Morgan fingerprint density at radius 3 is 2.53 bits per heavy atom. The smallest absolute Gasteiger partial charge is 0.349 e. The van der Waals surface area contributed by atoms with E-state index in [0.717, 1.165) is 11.3 Å². The van der Waals surface area contributed by atoms with Gasteiger partial charge in [-0.05, 0) is 61.0 Å². The lowest BCUT2D eigenvalue weighted by atomic mass is 10.1. The number of carbonyl (C=O) groups excluding carboxylic acids is 1. The summed E-state index contributed by atoms with van der Waals surface area (Å²) in [5, 5.41) is 0.794. The molecule has 5 nitrogen and oxygen atoms in total. The molecule has 0 amide bonds. The molecule has 0 saturated carbocycles. The minimum absolute atomic E-state index is 0.308. The molecule has 0 unspecified atom stereocenters. The Labute approximate surface area is 184 Å². The van der Waals surface area contributed by atoms with Crippen LogP contribution in [0.5, 0.6) is 17.2 Å². The van der Waals surface area contributed by atoms with Crippen molar-refractivity contribution in [2.24, 2.45) is 0 Å². The lowest BCUT2D eigenvalue weighted by molar-refractivity contribution is -0.136. The van der Waals surface area contributed by atoms with Crippen LogP contribution in [-0.2, 0) is 4.79 Å². The average Bonchev–Trinajstić information content (AvgIpc) is 2.74. The molecule has 3 rings (SSSR count). The number of aromatic nitrogens is 1. The first-order chi connectivity index (χ1) is 14.5. The van der Waals surface area contributed by atoms with Crippen LogP contribution in [0, 0.1) is 0 Å². The molecule has 0 radical (unpaired) electrons. The summed E-state index contributed by atoms with van der Waals surface area (Å²) >= 11 is 11.9. The number of halogens is 2. The van der Waals surface area contributed by atoms with Crippen molar-refractivity contribution in [1.82, 2.24) is 4.98 Å². The van der Waals surface area contributed by atoms with E-state index in [1.165, 1.54) is 6.07 Å². The molecule has 0 atom stereocenters. The van der Waals surface area contributed by atoms with Crippen molar-refractivity contribution in [2.75, 3.05) is 13.2 Å². The first-order valence-corrected chi connectivity index (χ1v) is 9.95. The van der Waals surface area contributed by atoms with Crippen molar-refractivity contribution in [3.05, 3.63) is 82.1 Å². The van der Waals surface area contributed by atoms with E-state index in [-0.39, 0.29) is 6.61 Å². The van der Waals surface area contributed by atoms with Crippen LogP contribution in [0.4, 0.5) is 0 Å². The molecule has 0 aliphatic carbocycles. The molecule has 0 aliphatic rings. The van der Waals surface area contributed by atoms with Crippen LogP contribution >= 0.6 is 23.2 Å². The number of ether oxygens (including phenoxy) is 3. The molecule has 3 aromatic rings. The molecule has 30 heavy (non-hydrogen) atoms. The third kappa shape index (κ3) is 6.24. The molecule has 154 valence electrons. The van der Waals surface area contributed by atoms with Gasteiger partial charge in [-0.3, -0.25) is 4.98 Å². The summed E-state index contributed by atoms with van der Waals surface area (Å²) in [5.74, 6) is 0.526. The van der Waals surface area contributed by atoms with Gasteiger partial charge in [0, 0.05) is 11.2 Å². The predicted octanol–water partition coefficient (Wildman–Crippen LogP) is 5.94. The van der Waals surface area contributed by atoms with Gasteiger partial charge in [0.25, 0.3) is 0 Å². The van der Waals surface area contributed by atoms with Gasteiger partial charge in [-0.25, -0.2) is 4.79 Å². The van der Waals surface area contributed by atoms with Crippen molar-refractivity contribution in [2.45, 2.75) is 6.92 Å². The lowest BCUT2D eigenvalue weighted by Crippen LogP contribution is -2.18. The third-order valence-corrected chi connectivity index (χ3v) is 4.40. The molecule has 0 bridgehead atoms. The van der Waals surface area contributed by atoms with Gasteiger partial charge in [0.15, 0.2) is 18.1 Å². The minimum atomic E-state index is -0.584. The fraction of sp³-hybridized carbons (Fsp3) is 0.130. The Hall–Kier alpha value is -3.02. The topological polar surface area (TPSA) is 57.7 Å². The van der Waals surface area contributed by atoms with Crippen molar-refractivity contribution in [3.8, 4) is 17.2 Å². The molecule has 0 spiro atoms. The zero-order valence-corrected chi connectivity index (χ0v) is 17.7. The fourth-order valence-electron chi connectivity index (χ4n) is 2.52. The van der Waals surface area contributed by atoms with E-state index in [2.05, 4.69) is 4.98 Å². The fourth-order valence-corrected chi connectivity index (χ4v) is 2.98. The van der Waals surface area contributed by atoms with Gasteiger partial charge in [-0.1, -0.05) is 41.4 Å². The second-order valence-electron chi connectivity index (χ2n) is 6.06. The van der Waals surface area contributed by atoms with Crippen LogP contribution < -0.4 is 14.2 Å². The molecule has 0 N–H and O–H groups in total. The van der Waals surface area contributed by atoms with E-state index >= 15 is 0 Å². The van der Waals surface area contributed by atoms with Gasteiger partial charge in [-0.2, -0.15) is 0 Å². The summed E-state index contributed by atoms with van der Waals surface area (Å²) < 4.78 is 16.4. The zero-order valence-electron chi connectivity index (χ0n) is 16.2. The number of benzene rings is 2. The Kier molecular flexibility index (Phi) is 7.71. The first kappa shape index (κ1) is 21.7. The van der Waals surface area contributed by atoms with E-state index in [1.807, 2.05) is 43.3 Å². The standard InChI is InChI=1S/C23H19Cl2NO4/c1-2-28-22-13-16(6-9-18-5-3-4-12-26-18)7-10-21(22)30-23(27)15-29-20-11-8-17(24)14-19(20)25/h3-14H,2,15H2,1H3/b9-6+. The maximum Gasteiger partial charge on any atom is 0.349 e. The van der Waals surface area contributed by atoms with E-state index in [9.17, 15) is 4.79 Å². The predicted molar refractivity (Wildman–Crippen MR) is 118 cm³/mol. The van der Waals surface area contributed by atoms with E-state index < -0.39 is 5.97 Å². The first-order valence-electron chi connectivity index (χ1n) is 9.19. The van der Waals surface area contributed by atoms with Gasteiger partial charge < -0.3 is 14.2 Å². The van der Waals surface area contributed by atoms with Crippen LogP contribution in [0.25, 0.3) is 12.2 Å². The molecule has 0 aliphatic heterocycles. The molecule has 7 heteroatoms. The second kappa shape index (κ2) is 10.7. The number of carbonyl (C=O) groups is 1. The van der Waals surface area contributed by atoms with Crippen molar-refractivity contribution in [3.63, 3.8) is 0 Å². The molecule has 2 aromatic carbocycles. The summed E-state index contributed by atoms with van der Waals surface area (Å²) in [6.45, 7) is 1.97. The van der Waals surface area contributed by atoms with Crippen LogP contribution in [0.1, 0.15) is 18.2 Å². The largest absolute Gasteiger partial charge is 0.490 e. The van der Waals surface area contributed by atoms with Crippen LogP contribution in [0.2, 0.25) is 10.0 Å². The van der Waals surface area contributed by atoms with E-state index in [4.69, 9.17) is 37.4 Å². The third-order valence-electron chi connectivity index (χ3n) is 3.87. The Morgan fingerprint density at radius 2 is 1.80 bits per heavy atom. The summed E-state index contributed by atoms with van der Waals surface area (Å²) in [6.07, 6.45) is 5.52. The van der Waals surface area contributed by atoms with E-state index in [1.54, 1.807) is 30.5 Å². The van der Waals surface area contributed by atoms with Crippen molar-refractivity contribution in [1.29, 1.82) is 0 Å². The summed E-state index contributed by atoms with van der Waals surface area (Å²) in [7, 11) is 0. The molecular weight excluding hydrogens is 425 g/mol.